The van der Waals surface area contributed by atoms with E-state index in [1.165, 1.54) is 23.9 Å². The second-order valence-electron chi connectivity index (χ2n) is 5.09. The number of tetrazole rings is 1. The molecule has 0 aliphatic heterocycles. The minimum absolute atomic E-state index is 0.0459. The van der Waals surface area contributed by atoms with Crippen molar-refractivity contribution >= 4 is 5.91 Å². The third kappa shape index (κ3) is 2.68. The SMILES string of the molecule is O=C(NC1CCCC1)[C@@H](c1ccccc1)n1cnnn1. The van der Waals surface area contributed by atoms with Gasteiger partial charge in [-0.3, -0.25) is 4.79 Å². The van der Waals surface area contributed by atoms with Crippen LogP contribution < -0.4 is 5.32 Å². The van der Waals surface area contributed by atoms with Gasteiger partial charge in [-0.15, -0.1) is 5.10 Å². The molecule has 3 rings (SSSR count). The quantitative estimate of drug-likeness (QED) is 0.910. The molecule has 0 unspecified atom stereocenters. The van der Waals surface area contributed by atoms with Crippen LogP contribution in [0.15, 0.2) is 36.7 Å². The van der Waals surface area contributed by atoms with Crippen molar-refractivity contribution in [2.24, 2.45) is 0 Å². The lowest BCUT2D eigenvalue weighted by Crippen LogP contribution is -2.39. The summed E-state index contributed by atoms with van der Waals surface area (Å²) >= 11 is 0. The zero-order valence-corrected chi connectivity index (χ0v) is 11.1. The molecule has 0 saturated heterocycles. The number of aromatic nitrogens is 4. The molecular formula is C14H17N5O. The zero-order valence-electron chi connectivity index (χ0n) is 11.1. The molecule has 0 bridgehead atoms. The number of nitrogens with zero attached hydrogens (tertiary/aromatic N) is 4. The van der Waals surface area contributed by atoms with E-state index < -0.39 is 6.04 Å². The van der Waals surface area contributed by atoms with Crippen molar-refractivity contribution in [2.75, 3.05) is 0 Å². The summed E-state index contributed by atoms with van der Waals surface area (Å²) in [5.41, 5.74) is 0.885. The van der Waals surface area contributed by atoms with Gasteiger partial charge in [0, 0.05) is 6.04 Å². The van der Waals surface area contributed by atoms with Crippen LogP contribution in [0.1, 0.15) is 37.3 Å². The van der Waals surface area contributed by atoms with Crippen LogP contribution in [0.5, 0.6) is 0 Å². The van der Waals surface area contributed by atoms with E-state index in [0.29, 0.717) is 0 Å². The van der Waals surface area contributed by atoms with Crippen molar-refractivity contribution in [2.45, 2.75) is 37.8 Å². The van der Waals surface area contributed by atoms with Crippen LogP contribution in [-0.2, 0) is 4.79 Å². The zero-order chi connectivity index (χ0) is 13.8. The highest BCUT2D eigenvalue weighted by Crippen LogP contribution is 2.21. The van der Waals surface area contributed by atoms with E-state index in [1.54, 1.807) is 0 Å². The van der Waals surface area contributed by atoms with E-state index in [-0.39, 0.29) is 11.9 Å². The molecule has 0 spiro atoms. The van der Waals surface area contributed by atoms with Crippen molar-refractivity contribution in [3.63, 3.8) is 0 Å². The van der Waals surface area contributed by atoms with Crippen molar-refractivity contribution in [3.8, 4) is 0 Å². The van der Waals surface area contributed by atoms with E-state index in [4.69, 9.17) is 0 Å². The van der Waals surface area contributed by atoms with Gasteiger partial charge in [-0.05, 0) is 28.8 Å². The van der Waals surface area contributed by atoms with Crippen molar-refractivity contribution in [3.05, 3.63) is 42.2 Å². The second kappa shape index (κ2) is 5.81. The Labute approximate surface area is 117 Å². The minimum Gasteiger partial charge on any atom is -0.351 e. The lowest BCUT2D eigenvalue weighted by molar-refractivity contribution is -0.124. The van der Waals surface area contributed by atoms with E-state index >= 15 is 0 Å². The molecule has 20 heavy (non-hydrogen) atoms. The summed E-state index contributed by atoms with van der Waals surface area (Å²) in [5, 5.41) is 14.3. The fourth-order valence-electron chi connectivity index (χ4n) is 2.70. The average Bonchev–Trinajstić information content (AvgIpc) is 3.14. The summed E-state index contributed by atoms with van der Waals surface area (Å²) in [6, 6.07) is 9.36. The molecule has 104 valence electrons. The van der Waals surface area contributed by atoms with Gasteiger partial charge in [0.1, 0.15) is 6.33 Å². The number of benzene rings is 1. The number of hydrogen-bond acceptors (Lipinski definition) is 4. The number of rotatable bonds is 4. The van der Waals surface area contributed by atoms with Crippen molar-refractivity contribution in [1.29, 1.82) is 0 Å². The molecule has 1 heterocycles. The van der Waals surface area contributed by atoms with Gasteiger partial charge in [0.2, 0.25) is 5.91 Å². The minimum atomic E-state index is -0.508. The number of carbonyl (C=O) groups is 1. The van der Waals surface area contributed by atoms with Crippen LogP contribution in [0.4, 0.5) is 0 Å². The molecule has 1 fully saturated rings. The molecule has 1 amide bonds. The van der Waals surface area contributed by atoms with Gasteiger partial charge in [-0.2, -0.15) is 0 Å². The lowest BCUT2D eigenvalue weighted by atomic mass is 10.1. The highest BCUT2D eigenvalue weighted by Gasteiger charge is 2.26. The number of hydrogen-bond donors (Lipinski definition) is 1. The average molecular weight is 271 g/mol. The molecule has 1 aromatic carbocycles. The summed E-state index contributed by atoms with van der Waals surface area (Å²) in [6.07, 6.45) is 5.97. The van der Waals surface area contributed by atoms with Crippen molar-refractivity contribution in [1.82, 2.24) is 25.5 Å². The molecule has 1 saturated carbocycles. The Bertz CT molecular complexity index is 548. The first-order chi connectivity index (χ1) is 9.84. The van der Waals surface area contributed by atoms with Crippen LogP contribution in [0.2, 0.25) is 0 Å². The Morgan fingerprint density at radius 3 is 2.65 bits per heavy atom. The summed E-state index contributed by atoms with van der Waals surface area (Å²) in [7, 11) is 0. The molecule has 0 radical (unpaired) electrons. The smallest absolute Gasteiger partial charge is 0.249 e. The van der Waals surface area contributed by atoms with Gasteiger partial charge in [-0.25, -0.2) is 4.68 Å². The summed E-state index contributed by atoms with van der Waals surface area (Å²) < 4.78 is 1.50. The fraction of sp³-hybridized carbons (Fsp3) is 0.429. The second-order valence-corrected chi connectivity index (χ2v) is 5.09. The Morgan fingerprint density at radius 2 is 2.00 bits per heavy atom. The molecule has 1 aromatic heterocycles. The van der Waals surface area contributed by atoms with Gasteiger partial charge in [0.05, 0.1) is 0 Å². The van der Waals surface area contributed by atoms with Gasteiger partial charge in [0.15, 0.2) is 6.04 Å². The predicted molar refractivity (Wildman–Crippen MR) is 72.8 cm³/mol. The highest BCUT2D eigenvalue weighted by molar-refractivity contribution is 5.83. The maximum atomic E-state index is 12.6. The van der Waals surface area contributed by atoms with E-state index in [9.17, 15) is 4.79 Å². The van der Waals surface area contributed by atoms with Gasteiger partial charge in [-0.1, -0.05) is 43.2 Å². The van der Waals surface area contributed by atoms with Crippen LogP contribution in [-0.4, -0.2) is 32.2 Å². The summed E-state index contributed by atoms with van der Waals surface area (Å²) in [6.45, 7) is 0. The van der Waals surface area contributed by atoms with Crippen LogP contribution in [0.3, 0.4) is 0 Å². The monoisotopic (exact) mass is 271 g/mol. The molecule has 6 nitrogen and oxygen atoms in total. The van der Waals surface area contributed by atoms with E-state index in [0.717, 1.165) is 18.4 Å². The third-order valence-corrected chi connectivity index (χ3v) is 3.69. The Kier molecular flexibility index (Phi) is 3.71. The first kappa shape index (κ1) is 12.8. The maximum absolute atomic E-state index is 12.6. The van der Waals surface area contributed by atoms with Gasteiger partial charge >= 0.3 is 0 Å². The molecule has 2 aromatic rings. The van der Waals surface area contributed by atoms with E-state index in [2.05, 4.69) is 20.8 Å². The largest absolute Gasteiger partial charge is 0.351 e. The van der Waals surface area contributed by atoms with Gasteiger partial charge in [0.25, 0.3) is 0 Å². The van der Waals surface area contributed by atoms with Gasteiger partial charge < -0.3 is 5.32 Å². The normalized spacial score (nSPS) is 17.0. The maximum Gasteiger partial charge on any atom is 0.249 e. The number of amides is 1. The highest BCUT2D eigenvalue weighted by atomic mass is 16.2. The molecular weight excluding hydrogens is 254 g/mol. The number of nitrogens with one attached hydrogen (secondary N) is 1. The van der Waals surface area contributed by atoms with E-state index in [1.807, 2.05) is 30.3 Å². The summed E-state index contributed by atoms with van der Waals surface area (Å²) in [4.78, 5) is 12.6. The van der Waals surface area contributed by atoms with Crippen LogP contribution in [0, 0.1) is 0 Å². The molecule has 1 aliphatic carbocycles. The van der Waals surface area contributed by atoms with Crippen LogP contribution >= 0.6 is 0 Å². The Morgan fingerprint density at radius 1 is 1.25 bits per heavy atom. The standard InChI is InChI=1S/C14H17N5O/c20-14(16-12-8-4-5-9-12)13(19-10-15-17-18-19)11-6-2-1-3-7-11/h1-3,6-7,10,12-13H,4-5,8-9H2,(H,16,20)/t13-/m1/s1. The topological polar surface area (TPSA) is 72.7 Å². The van der Waals surface area contributed by atoms with Crippen molar-refractivity contribution < 1.29 is 4.79 Å². The first-order valence-electron chi connectivity index (χ1n) is 6.92. The fourth-order valence-corrected chi connectivity index (χ4v) is 2.70. The van der Waals surface area contributed by atoms with Crippen LogP contribution in [0.25, 0.3) is 0 Å². The molecule has 6 heteroatoms. The Hall–Kier alpha value is -2.24. The summed E-state index contributed by atoms with van der Waals surface area (Å²) in [5.74, 6) is -0.0459. The Balaban J connectivity index is 1.84. The molecule has 1 aliphatic rings. The lowest BCUT2D eigenvalue weighted by Gasteiger charge is -2.19. The molecule has 1 atom stereocenters. The number of carbonyl (C=O) groups excluding carboxylic acids is 1. The molecule has 1 N–H and O–H groups in total. The third-order valence-electron chi connectivity index (χ3n) is 3.69. The first-order valence-corrected chi connectivity index (χ1v) is 6.92. The predicted octanol–water partition coefficient (Wildman–Crippen LogP) is 1.32.